The SMILES string of the molecule is CC(C)N(C(=O)CN1CCN(Cc2nc(-c3ccccc3)cs2)CC1)C(C)C. The van der Waals surface area contributed by atoms with E-state index in [1.54, 1.807) is 11.3 Å². The first-order chi connectivity index (χ1) is 13.4. The summed E-state index contributed by atoms with van der Waals surface area (Å²) in [5.74, 6) is 0.242. The third-order valence-corrected chi connectivity index (χ3v) is 6.04. The zero-order valence-corrected chi connectivity index (χ0v) is 18.3. The molecule has 0 bridgehead atoms. The monoisotopic (exact) mass is 400 g/mol. The molecule has 3 rings (SSSR count). The van der Waals surface area contributed by atoms with Crippen molar-refractivity contribution in [1.29, 1.82) is 0 Å². The van der Waals surface area contributed by atoms with Gasteiger partial charge >= 0.3 is 0 Å². The fourth-order valence-corrected chi connectivity index (χ4v) is 4.71. The van der Waals surface area contributed by atoms with Gasteiger partial charge in [-0.1, -0.05) is 30.3 Å². The van der Waals surface area contributed by atoms with Crippen LogP contribution >= 0.6 is 11.3 Å². The average molecular weight is 401 g/mol. The van der Waals surface area contributed by atoms with Crippen LogP contribution in [-0.2, 0) is 11.3 Å². The van der Waals surface area contributed by atoms with Gasteiger partial charge in [0.05, 0.1) is 18.8 Å². The number of amides is 1. The minimum Gasteiger partial charge on any atom is -0.337 e. The first-order valence-electron chi connectivity index (χ1n) is 10.2. The van der Waals surface area contributed by atoms with Crippen LogP contribution in [0.3, 0.4) is 0 Å². The molecule has 2 aromatic rings. The van der Waals surface area contributed by atoms with Crippen LogP contribution in [0.15, 0.2) is 35.7 Å². The standard InChI is InChI=1S/C22H32N4OS/c1-17(2)26(18(3)4)22(27)15-25-12-10-24(11-13-25)14-21-23-20(16-28-21)19-8-6-5-7-9-19/h5-9,16-18H,10-15H2,1-4H3. The van der Waals surface area contributed by atoms with Crippen LogP contribution < -0.4 is 0 Å². The molecule has 152 valence electrons. The summed E-state index contributed by atoms with van der Waals surface area (Å²) in [6.07, 6.45) is 0. The van der Waals surface area contributed by atoms with Gasteiger partial charge in [-0.3, -0.25) is 14.6 Å². The van der Waals surface area contributed by atoms with Crippen LogP contribution in [0.2, 0.25) is 0 Å². The Hall–Kier alpha value is -1.76. The van der Waals surface area contributed by atoms with E-state index in [9.17, 15) is 4.79 Å². The van der Waals surface area contributed by atoms with E-state index >= 15 is 0 Å². The van der Waals surface area contributed by atoms with E-state index in [-0.39, 0.29) is 18.0 Å². The van der Waals surface area contributed by atoms with Gasteiger partial charge in [-0.15, -0.1) is 11.3 Å². The summed E-state index contributed by atoms with van der Waals surface area (Å²) in [5, 5.41) is 3.31. The van der Waals surface area contributed by atoms with Crippen molar-refractivity contribution in [1.82, 2.24) is 19.7 Å². The molecule has 0 spiro atoms. The number of piperazine rings is 1. The molecule has 1 saturated heterocycles. The van der Waals surface area contributed by atoms with Gasteiger partial charge in [0, 0.05) is 49.2 Å². The van der Waals surface area contributed by atoms with E-state index in [4.69, 9.17) is 4.98 Å². The van der Waals surface area contributed by atoms with Crippen LogP contribution in [0.4, 0.5) is 0 Å². The minimum absolute atomic E-state index is 0.242. The predicted molar refractivity (Wildman–Crippen MR) is 116 cm³/mol. The Morgan fingerprint density at radius 3 is 2.25 bits per heavy atom. The van der Waals surface area contributed by atoms with Crippen molar-refractivity contribution < 1.29 is 4.79 Å². The zero-order valence-electron chi connectivity index (χ0n) is 17.5. The maximum absolute atomic E-state index is 12.7. The summed E-state index contributed by atoms with van der Waals surface area (Å²) in [4.78, 5) is 24.2. The highest BCUT2D eigenvalue weighted by atomic mass is 32.1. The van der Waals surface area contributed by atoms with Gasteiger partial charge in [0.25, 0.3) is 0 Å². The molecule has 5 nitrogen and oxygen atoms in total. The lowest BCUT2D eigenvalue weighted by Gasteiger charge is -2.37. The quantitative estimate of drug-likeness (QED) is 0.712. The number of hydrogen-bond donors (Lipinski definition) is 0. The number of hydrogen-bond acceptors (Lipinski definition) is 5. The largest absolute Gasteiger partial charge is 0.337 e. The van der Waals surface area contributed by atoms with Gasteiger partial charge in [0.1, 0.15) is 5.01 Å². The molecule has 1 aliphatic heterocycles. The Labute approximate surface area is 173 Å². The molecule has 1 amide bonds. The number of aromatic nitrogens is 1. The molecule has 28 heavy (non-hydrogen) atoms. The van der Waals surface area contributed by atoms with Crippen LogP contribution in [-0.4, -0.2) is 70.4 Å². The van der Waals surface area contributed by atoms with Gasteiger partial charge in [0.2, 0.25) is 5.91 Å². The highest BCUT2D eigenvalue weighted by Gasteiger charge is 2.25. The Morgan fingerprint density at radius 1 is 1.04 bits per heavy atom. The predicted octanol–water partition coefficient (Wildman–Crippen LogP) is 3.57. The molecule has 1 aromatic heterocycles. The molecule has 0 saturated carbocycles. The molecule has 6 heteroatoms. The number of thiazole rings is 1. The Kier molecular flexibility index (Phi) is 7.21. The molecule has 0 aliphatic carbocycles. The molecule has 0 unspecified atom stereocenters. The van der Waals surface area contributed by atoms with E-state index in [2.05, 4.69) is 67.1 Å². The highest BCUT2D eigenvalue weighted by molar-refractivity contribution is 7.09. The number of carbonyl (C=O) groups excluding carboxylic acids is 1. The van der Waals surface area contributed by atoms with Crippen LogP contribution in [0, 0.1) is 0 Å². The van der Waals surface area contributed by atoms with Crippen molar-refractivity contribution in [3.05, 3.63) is 40.7 Å². The molecule has 1 fully saturated rings. The third kappa shape index (κ3) is 5.40. The fourth-order valence-electron chi connectivity index (χ4n) is 3.87. The summed E-state index contributed by atoms with van der Waals surface area (Å²) >= 11 is 1.73. The van der Waals surface area contributed by atoms with Crippen molar-refractivity contribution in [2.45, 2.75) is 46.3 Å². The maximum atomic E-state index is 12.7. The lowest BCUT2D eigenvalue weighted by atomic mass is 10.2. The van der Waals surface area contributed by atoms with Gasteiger partial charge in [0.15, 0.2) is 0 Å². The van der Waals surface area contributed by atoms with Gasteiger partial charge in [-0.25, -0.2) is 4.98 Å². The summed E-state index contributed by atoms with van der Waals surface area (Å²) in [6, 6.07) is 10.8. The molecule has 2 heterocycles. The Bertz CT molecular complexity index is 743. The first kappa shape index (κ1) is 21.0. The molecular weight excluding hydrogens is 368 g/mol. The summed E-state index contributed by atoms with van der Waals surface area (Å²) in [7, 11) is 0. The van der Waals surface area contributed by atoms with E-state index in [0.29, 0.717) is 6.54 Å². The van der Waals surface area contributed by atoms with Crippen LogP contribution in [0.5, 0.6) is 0 Å². The lowest BCUT2D eigenvalue weighted by Crippen LogP contribution is -2.52. The van der Waals surface area contributed by atoms with Crippen molar-refractivity contribution in [2.24, 2.45) is 0 Å². The van der Waals surface area contributed by atoms with Crippen molar-refractivity contribution in [3.63, 3.8) is 0 Å². The van der Waals surface area contributed by atoms with Crippen molar-refractivity contribution in [2.75, 3.05) is 32.7 Å². The normalized spacial score (nSPS) is 16.1. The molecule has 0 atom stereocenters. The smallest absolute Gasteiger partial charge is 0.237 e. The zero-order chi connectivity index (χ0) is 20.1. The second kappa shape index (κ2) is 9.63. The molecular formula is C22H32N4OS. The highest BCUT2D eigenvalue weighted by Crippen LogP contribution is 2.22. The number of benzene rings is 1. The Morgan fingerprint density at radius 2 is 1.64 bits per heavy atom. The number of nitrogens with zero attached hydrogens (tertiary/aromatic N) is 4. The molecule has 0 radical (unpaired) electrons. The van der Waals surface area contributed by atoms with Gasteiger partial charge < -0.3 is 4.90 Å². The molecule has 0 N–H and O–H groups in total. The molecule has 1 aliphatic rings. The summed E-state index contributed by atoms with van der Waals surface area (Å²) in [6.45, 7) is 13.6. The minimum atomic E-state index is 0.242. The summed E-state index contributed by atoms with van der Waals surface area (Å²) < 4.78 is 0. The Balaban J connectivity index is 1.48. The van der Waals surface area contributed by atoms with E-state index in [1.807, 2.05) is 11.0 Å². The van der Waals surface area contributed by atoms with E-state index in [0.717, 1.165) is 43.4 Å². The summed E-state index contributed by atoms with van der Waals surface area (Å²) in [5.41, 5.74) is 2.24. The second-order valence-corrected chi connectivity index (χ2v) is 8.98. The maximum Gasteiger partial charge on any atom is 0.237 e. The average Bonchev–Trinajstić information content (AvgIpc) is 3.12. The second-order valence-electron chi connectivity index (χ2n) is 8.03. The van der Waals surface area contributed by atoms with Gasteiger partial charge in [-0.2, -0.15) is 0 Å². The lowest BCUT2D eigenvalue weighted by molar-refractivity contribution is -0.136. The van der Waals surface area contributed by atoms with Crippen LogP contribution in [0.25, 0.3) is 11.3 Å². The van der Waals surface area contributed by atoms with Crippen LogP contribution in [0.1, 0.15) is 32.7 Å². The molecule has 1 aromatic carbocycles. The topological polar surface area (TPSA) is 39.7 Å². The number of rotatable bonds is 7. The van der Waals surface area contributed by atoms with E-state index in [1.165, 1.54) is 5.56 Å². The van der Waals surface area contributed by atoms with Gasteiger partial charge in [-0.05, 0) is 27.7 Å². The fraction of sp³-hybridized carbons (Fsp3) is 0.545. The van der Waals surface area contributed by atoms with Crippen molar-refractivity contribution in [3.8, 4) is 11.3 Å². The first-order valence-corrected chi connectivity index (χ1v) is 11.1. The third-order valence-electron chi connectivity index (χ3n) is 5.20. The van der Waals surface area contributed by atoms with Crippen molar-refractivity contribution >= 4 is 17.2 Å². The number of carbonyl (C=O) groups is 1. The van der Waals surface area contributed by atoms with E-state index < -0.39 is 0 Å².